The zero-order chi connectivity index (χ0) is 14.5. The van der Waals surface area contributed by atoms with Gasteiger partial charge in [0.15, 0.2) is 0 Å². The molecular weight excluding hydrogens is 318 g/mol. The van der Waals surface area contributed by atoms with Gasteiger partial charge in [-0.1, -0.05) is 6.07 Å². The highest BCUT2D eigenvalue weighted by molar-refractivity contribution is 9.10. The lowest BCUT2D eigenvalue weighted by atomic mass is 9.99. The van der Waals surface area contributed by atoms with Gasteiger partial charge in [-0.2, -0.15) is 0 Å². The smallest absolute Gasteiger partial charge is 0.133 e. The highest BCUT2D eigenvalue weighted by Gasteiger charge is 2.12. The van der Waals surface area contributed by atoms with E-state index >= 15 is 0 Å². The summed E-state index contributed by atoms with van der Waals surface area (Å²) in [6.45, 7) is 1.97. The van der Waals surface area contributed by atoms with Gasteiger partial charge < -0.3 is 4.74 Å². The lowest BCUT2D eigenvalue weighted by Crippen LogP contribution is -2.29. The summed E-state index contributed by atoms with van der Waals surface area (Å²) in [6, 6.07) is 10.1. The van der Waals surface area contributed by atoms with Crippen LogP contribution in [0.1, 0.15) is 22.9 Å². The summed E-state index contributed by atoms with van der Waals surface area (Å²) in [5.74, 6) is 6.51. The van der Waals surface area contributed by atoms with Gasteiger partial charge >= 0.3 is 0 Å². The highest BCUT2D eigenvalue weighted by Crippen LogP contribution is 2.27. The van der Waals surface area contributed by atoms with E-state index < -0.39 is 0 Å². The number of hydrogen-bond donors (Lipinski definition) is 2. The molecule has 1 aromatic carbocycles. The SMILES string of the molecule is COc1ccc(CC(NN)c2ccnc(C)c2)cc1Br. The largest absolute Gasteiger partial charge is 0.496 e. The van der Waals surface area contributed by atoms with E-state index in [1.807, 2.05) is 31.2 Å². The van der Waals surface area contributed by atoms with Crippen molar-refractivity contribution in [3.05, 3.63) is 57.8 Å². The summed E-state index contributed by atoms with van der Waals surface area (Å²) < 4.78 is 6.18. The molecule has 1 atom stereocenters. The van der Waals surface area contributed by atoms with Crippen molar-refractivity contribution in [2.75, 3.05) is 7.11 Å². The molecule has 0 spiro atoms. The molecule has 0 aliphatic heterocycles. The Kier molecular flexibility index (Phi) is 5.11. The van der Waals surface area contributed by atoms with Crippen molar-refractivity contribution in [3.63, 3.8) is 0 Å². The molecule has 1 unspecified atom stereocenters. The molecular formula is C15H18BrN3O. The van der Waals surface area contributed by atoms with Crippen molar-refractivity contribution in [2.24, 2.45) is 5.84 Å². The van der Waals surface area contributed by atoms with Crippen LogP contribution in [0.2, 0.25) is 0 Å². The van der Waals surface area contributed by atoms with Crippen molar-refractivity contribution >= 4 is 15.9 Å². The Morgan fingerprint density at radius 2 is 2.15 bits per heavy atom. The lowest BCUT2D eigenvalue weighted by Gasteiger charge is -2.17. The quantitative estimate of drug-likeness (QED) is 0.651. The van der Waals surface area contributed by atoms with Crippen molar-refractivity contribution in [1.82, 2.24) is 10.4 Å². The monoisotopic (exact) mass is 335 g/mol. The Morgan fingerprint density at radius 1 is 1.35 bits per heavy atom. The van der Waals surface area contributed by atoms with Crippen molar-refractivity contribution in [1.29, 1.82) is 0 Å². The minimum atomic E-state index is 0.0528. The molecule has 0 aliphatic rings. The van der Waals surface area contributed by atoms with Crippen LogP contribution in [0.25, 0.3) is 0 Å². The number of nitrogens with zero attached hydrogens (tertiary/aromatic N) is 1. The average Bonchev–Trinajstić information content (AvgIpc) is 2.45. The van der Waals surface area contributed by atoms with Crippen LogP contribution in [0, 0.1) is 6.92 Å². The molecule has 20 heavy (non-hydrogen) atoms. The van der Waals surface area contributed by atoms with Gasteiger partial charge in [0, 0.05) is 11.9 Å². The molecule has 4 nitrogen and oxygen atoms in total. The minimum absolute atomic E-state index is 0.0528. The normalized spacial score (nSPS) is 12.2. The number of nitrogens with one attached hydrogen (secondary N) is 1. The van der Waals surface area contributed by atoms with E-state index in [2.05, 4.69) is 32.4 Å². The maximum Gasteiger partial charge on any atom is 0.133 e. The molecule has 0 saturated heterocycles. The first-order valence-electron chi connectivity index (χ1n) is 6.35. The van der Waals surface area contributed by atoms with Gasteiger partial charge in [0.05, 0.1) is 17.6 Å². The first-order chi connectivity index (χ1) is 9.63. The van der Waals surface area contributed by atoms with E-state index in [-0.39, 0.29) is 6.04 Å². The van der Waals surface area contributed by atoms with E-state index in [0.717, 1.165) is 27.9 Å². The molecule has 2 rings (SSSR count). The van der Waals surface area contributed by atoms with Gasteiger partial charge in [-0.25, -0.2) is 0 Å². The van der Waals surface area contributed by atoms with E-state index in [4.69, 9.17) is 10.6 Å². The molecule has 1 heterocycles. The molecule has 0 bridgehead atoms. The number of hydrazine groups is 1. The van der Waals surface area contributed by atoms with E-state index in [1.54, 1.807) is 13.3 Å². The Labute approximate surface area is 127 Å². The second-order valence-electron chi connectivity index (χ2n) is 4.62. The fourth-order valence-corrected chi connectivity index (χ4v) is 2.72. The van der Waals surface area contributed by atoms with Gasteiger partial charge in [0.25, 0.3) is 0 Å². The number of ether oxygens (including phenoxy) is 1. The molecule has 3 N–H and O–H groups in total. The number of benzene rings is 1. The number of halogens is 1. The Morgan fingerprint density at radius 3 is 2.75 bits per heavy atom. The number of rotatable bonds is 5. The molecule has 5 heteroatoms. The van der Waals surface area contributed by atoms with E-state index in [0.29, 0.717) is 0 Å². The fraction of sp³-hybridized carbons (Fsp3) is 0.267. The topological polar surface area (TPSA) is 60.2 Å². The third-order valence-electron chi connectivity index (χ3n) is 3.18. The average molecular weight is 336 g/mol. The van der Waals surface area contributed by atoms with Crippen molar-refractivity contribution in [3.8, 4) is 5.75 Å². The summed E-state index contributed by atoms with van der Waals surface area (Å²) in [6.07, 6.45) is 2.60. The van der Waals surface area contributed by atoms with Gasteiger partial charge in [-0.15, -0.1) is 0 Å². The summed E-state index contributed by atoms with van der Waals surface area (Å²) in [4.78, 5) is 4.21. The molecule has 1 aromatic heterocycles. The predicted octanol–water partition coefficient (Wildman–Crippen LogP) is 2.91. The zero-order valence-corrected chi connectivity index (χ0v) is 13.1. The molecule has 2 aromatic rings. The van der Waals surface area contributed by atoms with Crippen LogP contribution in [-0.4, -0.2) is 12.1 Å². The Bertz CT molecular complexity index is 589. The number of aromatic nitrogens is 1. The van der Waals surface area contributed by atoms with E-state index in [1.165, 1.54) is 5.56 Å². The number of nitrogens with two attached hydrogens (primary N) is 1. The van der Waals surface area contributed by atoms with Crippen LogP contribution >= 0.6 is 15.9 Å². The summed E-state index contributed by atoms with van der Waals surface area (Å²) >= 11 is 3.50. The van der Waals surface area contributed by atoms with Gasteiger partial charge in [-0.3, -0.25) is 16.3 Å². The highest BCUT2D eigenvalue weighted by atomic mass is 79.9. The Hall–Kier alpha value is -1.43. The van der Waals surface area contributed by atoms with Crippen molar-refractivity contribution in [2.45, 2.75) is 19.4 Å². The first kappa shape index (κ1) is 15.0. The van der Waals surface area contributed by atoms with Crippen LogP contribution < -0.4 is 16.0 Å². The number of hydrogen-bond acceptors (Lipinski definition) is 4. The first-order valence-corrected chi connectivity index (χ1v) is 7.14. The molecule has 0 radical (unpaired) electrons. The van der Waals surface area contributed by atoms with Crippen LogP contribution in [0.5, 0.6) is 5.75 Å². The molecule has 106 valence electrons. The molecule has 0 fully saturated rings. The molecule has 0 aliphatic carbocycles. The standard InChI is InChI=1S/C15H18BrN3O/c1-10-7-12(5-6-18-10)14(19-17)9-11-3-4-15(20-2)13(16)8-11/h3-8,14,19H,9,17H2,1-2H3. The zero-order valence-electron chi connectivity index (χ0n) is 11.6. The van der Waals surface area contributed by atoms with Gasteiger partial charge in [-0.05, 0) is 64.7 Å². The van der Waals surface area contributed by atoms with Gasteiger partial charge in [0.2, 0.25) is 0 Å². The number of methoxy groups -OCH3 is 1. The predicted molar refractivity (Wildman–Crippen MR) is 83.4 cm³/mol. The molecule has 0 saturated carbocycles. The summed E-state index contributed by atoms with van der Waals surface area (Å²) in [5, 5.41) is 0. The second-order valence-corrected chi connectivity index (χ2v) is 5.48. The summed E-state index contributed by atoms with van der Waals surface area (Å²) in [7, 11) is 1.66. The maximum atomic E-state index is 5.69. The van der Waals surface area contributed by atoms with Crippen LogP contribution in [-0.2, 0) is 6.42 Å². The third kappa shape index (κ3) is 3.56. The summed E-state index contributed by atoms with van der Waals surface area (Å²) in [5.41, 5.74) is 6.16. The number of aryl methyl sites for hydroxylation is 1. The third-order valence-corrected chi connectivity index (χ3v) is 3.80. The minimum Gasteiger partial charge on any atom is -0.496 e. The van der Waals surface area contributed by atoms with Crippen LogP contribution in [0.15, 0.2) is 41.0 Å². The molecule has 0 amide bonds. The van der Waals surface area contributed by atoms with Crippen LogP contribution in [0.4, 0.5) is 0 Å². The van der Waals surface area contributed by atoms with Crippen LogP contribution in [0.3, 0.4) is 0 Å². The van der Waals surface area contributed by atoms with E-state index in [9.17, 15) is 0 Å². The second kappa shape index (κ2) is 6.83. The van der Waals surface area contributed by atoms with Crippen molar-refractivity contribution < 1.29 is 4.74 Å². The Balaban J connectivity index is 2.20. The number of pyridine rings is 1. The lowest BCUT2D eigenvalue weighted by molar-refractivity contribution is 0.412. The van der Waals surface area contributed by atoms with Gasteiger partial charge in [0.1, 0.15) is 5.75 Å². The maximum absolute atomic E-state index is 5.69. The fourth-order valence-electron chi connectivity index (χ4n) is 2.13.